The maximum atomic E-state index is 11.7. The van der Waals surface area contributed by atoms with Crippen molar-refractivity contribution >= 4 is 12.1 Å². The van der Waals surface area contributed by atoms with Gasteiger partial charge in [0, 0.05) is 0 Å². The van der Waals surface area contributed by atoms with Crippen LogP contribution in [0.15, 0.2) is 24.3 Å². The molecule has 1 aromatic carbocycles. The second kappa shape index (κ2) is 6.97. The van der Waals surface area contributed by atoms with Crippen molar-refractivity contribution in [3.05, 3.63) is 29.8 Å². The molecule has 0 bridgehead atoms. The zero-order valence-electron chi connectivity index (χ0n) is 12.7. The second-order valence-electron chi connectivity index (χ2n) is 5.42. The molecular weight excluding hydrogens is 274 g/mol. The lowest BCUT2D eigenvalue weighted by Crippen LogP contribution is -2.38. The molecule has 0 aliphatic rings. The van der Waals surface area contributed by atoms with Gasteiger partial charge in [-0.3, -0.25) is 0 Å². The maximum Gasteiger partial charge on any atom is 0.408 e. The highest BCUT2D eigenvalue weighted by molar-refractivity contribution is 5.81. The Hall–Kier alpha value is -2.24. The summed E-state index contributed by atoms with van der Waals surface area (Å²) in [5, 5.41) is 11.6. The SMILES string of the molecule is CCOc1cccc(C(NC(=O)OC(C)(C)C)C(=O)O)c1. The summed E-state index contributed by atoms with van der Waals surface area (Å²) in [5.41, 5.74) is -0.278. The summed E-state index contributed by atoms with van der Waals surface area (Å²) < 4.78 is 10.4. The van der Waals surface area contributed by atoms with E-state index in [9.17, 15) is 14.7 Å². The fourth-order valence-electron chi connectivity index (χ4n) is 1.66. The molecule has 0 radical (unpaired) electrons. The monoisotopic (exact) mass is 295 g/mol. The molecule has 0 saturated carbocycles. The van der Waals surface area contributed by atoms with Crippen molar-refractivity contribution in [3.8, 4) is 5.75 Å². The predicted octanol–water partition coefficient (Wildman–Crippen LogP) is 2.74. The van der Waals surface area contributed by atoms with Gasteiger partial charge in [0.25, 0.3) is 0 Å². The van der Waals surface area contributed by atoms with Crippen LogP contribution in [-0.2, 0) is 9.53 Å². The number of nitrogens with one attached hydrogen (secondary N) is 1. The Kier molecular flexibility index (Phi) is 5.58. The first-order chi connectivity index (χ1) is 9.73. The summed E-state index contributed by atoms with van der Waals surface area (Å²) in [6, 6.07) is 5.39. The van der Waals surface area contributed by atoms with E-state index in [4.69, 9.17) is 9.47 Å². The van der Waals surface area contributed by atoms with Gasteiger partial charge in [-0.2, -0.15) is 0 Å². The smallest absolute Gasteiger partial charge is 0.408 e. The Balaban J connectivity index is 2.89. The lowest BCUT2D eigenvalue weighted by Gasteiger charge is -2.22. The lowest BCUT2D eigenvalue weighted by molar-refractivity contribution is -0.139. The van der Waals surface area contributed by atoms with Crippen LogP contribution in [0.3, 0.4) is 0 Å². The van der Waals surface area contributed by atoms with Crippen LogP contribution >= 0.6 is 0 Å². The minimum atomic E-state index is -1.19. The standard InChI is InChI=1S/C15H21NO5/c1-5-20-11-8-6-7-10(9-11)12(13(17)18)16-14(19)21-15(2,3)4/h6-9,12H,5H2,1-4H3,(H,16,19)(H,17,18). The molecule has 0 saturated heterocycles. The van der Waals surface area contributed by atoms with E-state index >= 15 is 0 Å². The molecule has 6 heteroatoms. The number of carboxylic acids is 1. The van der Waals surface area contributed by atoms with Gasteiger partial charge in [-0.05, 0) is 45.4 Å². The van der Waals surface area contributed by atoms with Crippen LogP contribution < -0.4 is 10.1 Å². The third-order valence-electron chi connectivity index (χ3n) is 2.41. The van der Waals surface area contributed by atoms with E-state index in [2.05, 4.69) is 5.32 Å². The number of ether oxygens (including phenoxy) is 2. The quantitative estimate of drug-likeness (QED) is 0.872. The zero-order chi connectivity index (χ0) is 16.0. The van der Waals surface area contributed by atoms with Gasteiger partial charge in [-0.15, -0.1) is 0 Å². The minimum Gasteiger partial charge on any atom is -0.494 e. The number of carbonyl (C=O) groups is 2. The van der Waals surface area contributed by atoms with Crippen molar-refractivity contribution < 1.29 is 24.2 Å². The summed E-state index contributed by atoms with van der Waals surface area (Å²) >= 11 is 0. The number of alkyl carbamates (subject to hydrolysis) is 1. The molecule has 1 aromatic rings. The molecule has 0 aliphatic carbocycles. The van der Waals surface area contributed by atoms with Crippen LogP contribution in [0.1, 0.15) is 39.3 Å². The normalized spacial score (nSPS) is 12.4. The molecule has 21 heavy (non-hydrogen) atoms. The summed E-state index contributed by atoms with van der Waals surface area (Å²) in [7, 11) is 0. The zero-order valence-corrected chi connectivity index (χ0v) is 12.7. The van der Waals surface area contributed by atoms with Crippen LogP contribution in [0.4, 0.5) is 4.79 Å². The van der Waals surface area contributed by atoms with Crippen molar-refractivity contribution in [1.29, 1.82) is 0 Å². The maximum absolute atomic E-state index is 11.7. The Morgan fingerprint density at radius 3 is 2.52 bits per heavy atom. The van der Waals surface area contributed by atoms with Crippen LogP contribution in [0.5, 0.6) is 5.75 Å². The van der Waals surface area contributed by atoms with E-state index in [1.54, 1.807) is 45.0 Å². The number of amides is 1. The van der Waals surface area contributed by atoms with E-state index < -0.39 is 23.7 Å². The Bertz CT molecular complexity index is 507. The highest BCUT2D eigenvalue weighted by atomic mass is 16.6. The molecule has 1 rings (SSSR count). The largest absolute Gasteiger partial charge is 0.494 e. The highest BCUT2D eigenvalue weighted by Gasteiger charge is 2.25. The second-order valence-corrected chi connectivity index (χ2v) is 5.42. The first-order valence-electron chi connectivity index (χ1n) is 6.68. The van der Waals surface area contributed by atoms with Crippen molar-refractivity contribution in [2.75, 3.05) is 6.61 Å². The van der Waals surface area contributed by atoms with E-state index in [1.807, 2.05) is 6.92 Å². The Morgan fingerprint density at radius 1 is 1.33 bits per heavy atom. The lowest BCUT2D eigenvalue weighted by atomic mass is 10.1. The topological polar surface area (TPSA) is 84.9 Å². The molecule has 116 valence electrons. The van der Waals surface area contributed by atoms with Gasteiger partial charge in [0.2, 0.25) is 0 Å². The number of rotatable bonds is 5. The van der Waals surface area contributed by atoms with E-state index in [0.29, 0.717) is 17.9 Å². The number of carbonyl (C=O) groups excluding carboxylic acids is 1. The fourth-order valence-corrected chi connectivity index (χ4v) is 1.66. The average molecular weight is 295 g/mol. The number of hydrogen-bond donors (Lipinski definition) is 2. The third-order valence-corrected chi connectivity index (χ3v) is 2.41. The van der Waals surface area contributed by atoms with Crippen LogP contribution in [0.25, 0.3) is 0 Å². The molecule has 0 aliphatic heterocycles. The van der Waals surface area contributed by atoms with E-state index in [0.717, 1.165) is 0 Å². The van der Waals surface area contributed by atoms with Gasteiger partial charge in [0.05, 0.1) is 6.61 Å². The molecule has 1 atom stereocenters. The summed E-state index contributed by atoms with van der Waals surface area (Å²) in [5.74, 6) is -0.623. The molecule has 1 amide bonds. The number of benzene rings is 1. The van der Waals surface area contributed by atoms with Gasteiger partial charge in [-0.25, -0.2) is 9.59 Å². The number of carboxylic acid groups (broad SMARTS) is 1. The molecule has 0 heterocycles. The molecular formula is C15H21NO5. The van der Waals surface area contributed by atoms with Gasteiger partial charge >= 0.3 is 12.1 Å². The summed E-state index contributed by atoms with van der Waals surface area (Å²) in [6.45, 7) is 7.43. The Morgan fingerprint density at radius 2 is 2.00 bits per heavy atom. The molecule has 2 N–H and O–H groups in total. The fraction of sp³-hybridized carbons (Fsp3) is 0.467. The van der Waals surface area contributed by atoms with Crippen LogP contribution in [0, 0.1) is 0 Å². The highest BCUT2D eigenvalue weighted by Crippen LogP contribution is 2.20. The molecule has 1 unspecified atom stereocenters. The van der Waals surface area contributed by atoms with Gasteiger partial charge in [0.15, 0.2) is 6.04 Å². The third kappa shape index (κ3) is 5.72. The van der Waals surface area contributed by atoms with E-state index in [-0.39, 0.29) is 0 Å². The minimum absolute atomic E-state index is 0.416. The molecule has 0 spiro atoms. The average Bonchev–Trinajstić information content (AvgIpc) is 2.34. The Labute approximate surface area is 124 Å². The number of hydrogen-bond acceptors (Lipinski definition) is 4. The molecule has 6 nitrogen and oxygen atoms in total. The van der Waals surface area contributed by atoms with Gasteiger partial charge in [0.1, 0.15) is 11.4 Å². The van der Waals surface area contributed by atoms with Crippen molar-refractivity contribution in [1.82, 2.24) is 5.32 Å². The predicted molar refractivity (Wildman–Crippen MR) is 77.4 cm³/mol. The van der Waals surface area contributed by atoms with Gasteiger partial charge < -0.3 is 19.9 Å². The van der Waals surface area contributed by atoms with E-state index in [1.165, 1.54) is 0 Å². The number of aliphatic carboxylic acids is 1. The summed E-state index contributed by atoms with van der Waals surface area (Å²) in [4.78, 5) is 23.1. The summed E-state index contributed by atoms with van der Waals surface area (Å²) in [6.07, 6.45) is -0.781. The van der Waals surface area contributed by atoms with Gasteiger partial charge in [-0.1, -0.05) is 12.1 Å². The van der Waals surface area contributed by atoms with Crippen molar-refractivity contribution in [2.45, 2.75) is 39.3 Å². The molecule has 0 aromatic heterocycles. The van der Waals surface area contributed by atoms with Crippen LogP contribution in [0.2, 0.25) is 0 Å². The van der Waals surface area contributed by atoms with Crippen LogP contribution in [-0.4, -0.2) is 29.4 Å². The van der Waals surface area contributed by atoms with Crippen molar-refractivity contribution in [3.63, 3.8) is 0 Å². The van der Waals surface area contributed by atoms with Crippen molar-refractivity contribution in [2.24, 2.45) is 0 Å². The first-order valence-corrected chi connectivity index (χ1v) is 6.68. The molecule has 0 fully saturated rings. The first kappa shape index (κ1) is 16.8.